The highest BCUT2D eigenvalue weighted by Gasteiger charge is 2.32. The third-order valence-corrected chi connectivity index (χ3v) is 2.88. The Hall–Kier alpha value is -0.570. The smallest absolute Gasteiger partial charge is 0.236 e. The molecule has 82 valence electrons. The Morgan fingerprint density at radius 2 is 2.14 bits per heavy atom. The summed E-state index contributed by atoms with van der Waals surface area (Å²) in [5, 5.41) is 2.92. The minimum atomic E-state index is -0.330. The Balaban J connectivity index is 2.13. The molecule has 0 heterocycles. The van der Waals surface area contributed by atoms with Gasteiger partial charge in [0.2, 0.25) is 5.91 Å². The van der Waals surface area contributed by atoms with Gasteiger partial charge in [-0.15, -0.1) is 0 Å². The Kier molecular flexibility index (Phi) is 3.93. The molecule has 0 spiro atoms. The van der Waals surface area contributed by atoms with Crippen LogP contribution in [0, 0.1) is 17.8 Å². The second kappa shape index (κ2) is 4.78. The van der Waals surface area contributed by atoms with Crippen LogP contribution in [0.1, 0.15) is 33.6 Å². The maximum absolute atomic E-state index is 11.5. The topological polar surface area (TPSA) is 55.1 Å². The monoisotopic (exact) mass is 198 g/mol. The minimum Gasteiger partial charge on any atom is -0.354 e. The van der Waals surface area contributed by atoms with Crippen molar-refractivity contribution in [2.45, 2.75) is 39.7 Å². The van der Waals surface area contributed by atoms with Crippen LogP contribution in [-0.4, -0.2) is 18.5 Å². The normalized spacial score (nSPS) is 27.5. The van der Waals surface area contributed by atoms with Crippen molar-refractivity contribution in [2.24, 2.45) is 23.5 Å². The Morgan fingerprint density at radius 1 is 1.57 bits per heavy atom. The predicted molar refractivity (Wildman–Crippen MR) is 57.7 cm³/mol. The molecule has 3 atom stereocenters. The van der Waals surface area contributed by atoms with Crippen molar-refractivity contribution < 1.29 is 4.79 Å². The maximum Gasteiger partial charge on any atom is 0.236 e. The van der Waals surface area contributed by atoms with E-state index in [-0.39, 0.29) is 11.9 Å². The summed E-state index contributed by atoms with van der Waals surface area (Å²) >= 11 is 0. The van der Waals surface area contributed by atoms with E-state index >= 15 is 0 Å². The van der Waals surface area contributed by atoms with E-state index in [9.17, 15) is 4.79 Å². The van der Waals surface area contributed by atoms with Crippen molar-refractivity contribution in [2.75, 3.05) is 6.54 Å². The third kappa shape index (κ3) is 3.66. The van der Waals surface area contributed by atoms with Crippen LogP contribution in [0.3, 0.4) is 0 Å². The summed E-state index contributed by atoms with van der Waals surface area (Å²) in [6.45, 7) is 7.18. The number of carbonyl (C=O) groups excluding carboxylic acids is 1. The molecular weight excluding hydrogens is 176 g/mol. The lowest BCUT2D eigenvalue weighted by Gasteiger charge is -2.13. The van der Waals surface area contributed by atoms with Gasteiger partial charge in [0.25, 0.3) is 0 Å². The van der Waals surface area contributed by atoms with Crippen LogP contribution in [0.4, 0.5) is 0 Å². The number of rotatable bonds is 5. The van der Waals surface area contributed by atoms with Gasteiger partial charge in [-0.2, -0.15) is 0 Å². The highest BCUT2D eigenvalue weighted by molar-refractivity contribution is 5.81. The molecule has 0 radical (unpaired) electrons. The molecule has 0 bridgehead atoms. The second-order valence-electron chi connectivity index (χ2n) is 4.95. The number of hydrogen-bond donors (Lipinski definition) is 2. The molecular formula is C11H22N2O. The quantitative estimate of drug-likeness (QED) is 0.696. The summed E-state index contributed by atoms with van der Waals surface area (Å²) in [6.07, 6.45) is 2.02. The molecule has 0 aliphatic heterocycles. The van der Waals surface area contributed by atoms with Gasteiger partial charge in [0.1, 0.15) is 0 Å². The van der Waals surface area contributed by atoms with E-state index in [2.05, 4.69) is 26.1 Å². The van der Waals surface area contributed by atoms with Gasteiger partial charge in [0.05, 0.1) is 6.04 Å². The van der Waals surface area contributed by atoms with Gasteiger partial charge < -0.3 is 11.1 Å². The van der Waals surface area contributed by atoms with Crippen LogP contribution in [-0.2, 0) is 4.79 Å². The van der Waals surface area contributed by atoms with Crippen LogP contribution in [0.5, 0.6) is 0 Å². The fraction of sp³-hybridized carbons (Fsp3) is 0.909. The maximum atomic E-state index is 11.5. The molecule has 1 aliphatic carbocycles. The van der Waals surface area contributed by atoms with Crippen LogP contribution in [0.2, 0.25) is 0 Å². The first-order valence-corrected chi connectivity index (χ1v) is 5.54. The molecule has 0 saturated heterocycles. The Labute approximate surface area is 86.4 Å². The highest BCUT2D eigenvalue weighted by atomic mass is 16.2. The van der Waals surface area contributed by atoms with Gasteiger partial charge in [-0.1, -0.05) is 20.8 Å². The fourth-order valence-corrected chi connectivity index (χ4v) is 1.66. The first-order chi connectivity index (χ1) is 6.50. The molecule has 0 aromatic heterocycles. The molecule has 0 aromatic rings. The zero-order valence-corrected chi connectivity index (χ0v) is 9.42. The molecule has 3 heteroatoms. The van der Waals surface area contributed by atoms with E-state index in [1.54, 1.807) is 0 Å². The lowest BCUT2D eigenvalue weighted by Crippen LogP contribution is -2.42. The van der Waals surface area contributed by atoms with Crippen molar-refractivity contribution in [3.8, 4) is 0 Å². The number of carbonyl (C=O) groups is 1. The average molecular weight is 198 g/mol. The molecule has 3 N–H and O–H groups in total. The van der Waals surface area contributed by atoms with Gasteiger partial charge in [0, 0.05) is 6.54 Å². The van der Waals surface area contributed by atoms with Gasteiger partial charge >= 0.3 is 0 Å². The summed E-state index contributed by atoms with van der Waals surface area (Å²) in [4.78, 5) is 11.5. The van der Waals surface area contributed by atoms with Gasteiger partial charge in [0.15, 0.2) is 0 Å². The molecule has 0 aromatic carbocycles. The number of nitrogens with one attached hydrogen (secondary N) is 1. The van der Waals surface area contributed by atoms with Crippen molar-refractivity contribution in [3.05, 3.63) is 0 Å². The summed E-state index contributed by atoms with van der Waals surface area (Å²) in [5.41, 5.74) is 5.75. The van der Waals surface area contributed by atoms with E-state index in [1.165, 1.54) is 6.42 Å². The van der Waals surface area contributed by atoms with Crippen LogP contribution in [0.25, 0.3) is 0 Å². The van der Waals surface area contributed by atoms with E-state index in [1.807, 2.05) is 0 Å². The van der Waals surface area contributed by atoms with E-state index in [4.69, 9.17) is 5.73 Å². The highest BCUT2D eigenvalue weighted by Crippen LogP contribution is 2.36. The summed E-state index contributed by atoms with van der Waals surface area (Å²) < 4.78 is 0. The minimum absolute atomic E-state index is 0.0119. The zero-order chi connectivity index (χ0) is 10.7. The Morgan fingerprint density at radius 3 is 2.57 bits per heavy atom. The van der Waals surface area contributed by atoms with Gasteiger partial charge in [-0.25, -0.2) is 0 Å². The predicted octanol–water partition coefficient (Wildman–Crippen LogP) is 1.13. The molecule has 3 unspecified atom stereocenters. The lowest BCUT2D eigenvalue weighted by molar-refractivity contribution is -0.122. The fourth-order valence-electron chi connectivity index (χ4n) is 1.66. The lowest BCUT2D eigenvalue weighted by atomic mass is 10.0. The molecule has 3 nitrogen and oxygen atoms in total. The molecule has 1 rings (SSSR count). The number of hydrogen-bond acceptors (Lipinski definition) is 2. The van der Waals surface area contributed by atoms with Crippen LogP contribution >= 0.6 is 0 Å². The van der Waals surface area contributed by atoms with Crippen LogP contribution < -0.4 is 11.1 Å². The summed E-state index contributed by atoms with van der Waals surface area (Å²) in [6, 6.07) is -0.330. The molecule has 14 heavy (non-hydrogen) atoms. The molecule has 1 fully saturated rings. The third-order valence-electron chi connectivity index (χ3n) is 2.88. The van der Waals surface area contributed by atoms with Crippen molar-refractivity contribution in [3.63, 3.8) is 0 Å². The average Bonchev–Trinajstić information content (AvgIpc) is 2.76. The Bertz CT molecular complexity index is 203. The summed E-state index contributed by atoms with van der Waals surface area (Å²) in [5.74, 6) is 1.98. The zero-order valence-electron chi connectivity index (χ0n) is 9.42. The molecule has 1 saturated carbocycles. The first-order valence-electron chi connectivity index (χ1n) is 5.54. The van der Waals surface area contributed by atoms with Crippen LogP contribution in [0.15, 0.2) is 0 Å². The number of nitrogens with two attached hydrogens (primary N) is 1. The summed E-state index contributed by atoms with van der Waals surface area (Å²) in [7, 11) is 0. The number of amides is 1. The van der Waals surface area contributed by atoms with E-state index < -0.39 is 0 Å². The first kappa shape index (κ1) is 11.5. The van der Waals surface area contributed by atoms with Gasteiger partial charge in [-0.05, 0) is 30.6 Å². The molecule has 1 amide bonds. The van der Waals surface area contributed by atoms with E-state index in [0.717, 1.165) is 18.9 Å². The molecule has 1 aliphatic rings. The second-order valence-corrected chi connectivity index (χ2v) is 4.95. The SMILES string of the molecule is CC(C)CC(N)C(=O)NCC1CC1C. The standard InChI is InChI=1S/C11H22N2O/c1-7(2)4-10(12)11(14)13-6-9-5-8(9)3/h7-10H,4-6,12H2,1-3H3,(H,13,14). The largest absolute Gasteiger partial charge is 0.354 e. The van der Waals surface area contributed by atoms with Crippen molar-refractivity contribution in [1.82, 2.24) is 5.32 Å². The van der Waals surface area contributed by atoms with Crippen molar-refractivity contribution >= 4 is 5.91 Å². The van der Waals surface area contributed by atoms with Crippen molar-refractivity contribution in [1.29, 1.82) is 0 Å². The van der Waals surface area contributed by atoms with Gasteiger partial charge in [-0.3, -0.25) is 4.79 Å². The van der Waals surface area contributed by atoms with E-state index in [0.29, 0.717) is 11.8 Å².